The third kappa shape index (κ3) is 3.54. The minimum atomic E-state index is 0.739. The highest BCUT2D eigenvalue weighted by molar-refractivity contribution is 14.1. The minimum absolute atomic E-state index is 0.739. The summed E-state index contributed by atoms with van der Waals surface area (Å²) in [6, 6.07) is 8.07. The molecule has 17 heavy (non-hydrogen) atoms. The molecule has 4 heteroatoms. The van der Waals surface area contributed by atoms with E-state index in [1.54, 1.807) is 0 Å². The molecule has 0 fully saturated rings. The van der Waals surface area contributed by atoms with Crippen LogP contribution in [0.1, 0.15) is 23.9 Å². The lowest BCUT2D eigenvalue weighted by molar-refractivity contribution is 0.462. The molecule has 2 rings (SSSR count). The van der Waals surface area contributed by atoms with Crippen molar-refractivity contribution in [2.75, 3.05) is 0 Å². The first-order valence-electron chi connectivity index (χ1n) is 5.67. The molecule has 0 aromatic carbocycles. The zero-order valence-corrected chi connectivity index (χ0v) is 11.9. The van der Waals surface area contributed by atoms with Gasteiger partial charge in [0.1, 0.15) is 5.76 Å². The second-order valence-corrected chi connectivity index (χ2v) is 4.84. The normalized spacial score (nSPS) is 10.7. The maximum atomic E-state index is 5.48. The van der Waals surface area contributed by atoms with Crippen LogP contribution in [0.3, 0.4) is 0 Å². The first-order valence-corrected chi connectivity index (χ1v) is 6.75. The van der Waals surface area contributed by atoms with Gasteiger partial charge in [-0.2, -0.15) is 0 Å². The highest BCUT2D eigenvalue weighted by Gasteiger charge is 2.02. The molecule has 0 unspecified atom stereocenters. The van der Waals surface area contributed by atoms with Crippen LogP contribution in [0.25, 0.3) is 0 Å². The van der Waals surface area contributed by atoms with Crippen molar-refractivity contribution in [3.8, 4) is 0 Å². The Morgan fingerprint density at radius 1 is 1.29 bits per heavy atom. The van der Waals surface area contributed by atoms with Crippen molar-refractivity contribution in [3.63, 3.8) is 0 Å². The fourth-order valence-corrected chi connectivity index (χ4v) is 2.17. The fraction of sp³-hybridized carbons (Fsp3) is 0.308. The quantitative estimate of drug-likeness (QED) is 0.849. The van der Waals surface area contributed by atoms with E-state index in [-0.39, 0.29) is 0 Å². The Hall–Kier alpha value is -0.880. The first kappa shape index (κ1) is 12.6. The molecule has 0 bridgehead atoms. The summed E-state index contributed by atoms with van der Waals surface area (Å²) in [5.41, 5.74) is 2.42. The lowest BCUT2D eigenvalue weighted by Crippen LogP contribution is -2.14. The van der Waals surface area contributed by atoms with E-state index in [0.29, 0.717) is 0 Å². The SMILES string of the molecule is CCc1cccnc1CNCc1ccc(I)o1. The second-order valence-electron chi connectivity index (χ2n) is 3.77. The van der Waals surface area contributed by atoms with E-state index in [2.05, 4.69) is 45.9 Å². The summed E-state index contributed by atoms with van der Waals surface area (Å²) in [5.74, 6) is 0.961. The highest BCUT2D eigenvalue weighted by Crippen LogP contribution is 2.10. The fourth-order valence-electron chi connectivity index (χ4n) is 1.70. The summed E-state index contributed by atoms with van der Waals surface area (Å²) in [7, 11) is 0. The van der Waals surface area contributed by atoms with Crippen molar-refractivity contribution in [1.82, 2.24) is 10.3 Å². The van der Waals surface area contributed by atoms with E-state index in [1.807, 2.05) is 24.4 Å². The maximum Gasteiger partial charge on any atom is 0.164 e. The summed E-state index contributed by atoms with van der Waals surface area (Å²) in [5, 5.41) is 3.35. The van der Waals surface area contributed by atoms with Crippen LogP contribution < -0.4 is 5.32 Å². The number of nitrogens with one attached hydrogen (secondary N) is 1. The molecular weight excluding hydrogens is 327 g/mol. The predicted molar refractivity (Wildman–Crippen MR) is 75.6 cm³/mol. The van der Waals surface area contributed by atoms with Gasteiger partial charge in [-0.15, -0.1) is 0 Å². The van der Waals surface area contributed by atoms with Crippen molar-refractivity contribution in [2.24, 2.45) is 0 Å². The highest BCUT2D eigenvalue weighted by atomic mass is 127. The van der Waals surface area contributed by atoms with Gasteiger partial charge in [-0.1, -0.05) is 13.0 Å². The molecule has 1 N–H and O–H groups in total. The summed E-state index contributed by atoms with van der Waals surface area (Å²) < 4.78 is 6.40. The van der Waals surface area contributed by atoms with Gasteiger partial charge < -0.3 is 9.73 Å². The molecule has 0 saturated heterocycles. The summed E-state index contributed by atoms with van der Waals surface area (Å²) >= 11 is 2.17. The van der Waals surface area contributed by atoms with Gasteiger partial charge in [-0.3, -0.25) is 4.98 Å². The molecule has 0 aliphatic rings. The number of hydrogen-bond donors (Lipinski definition) is 1. The molecule has 0 atom stereocenters. The second kappa shape index (κ2) is 6.16. The Morgan fingerprint density at radius 2 is 2.18 bits per heavy atom. The van der Waals surface area contributed by atoms with Crippen molar-refractivity contribution in [1.29, 1.82) is 0 Å². The molecule has 0 radical (unpaired) electrons. The molecule has 2 aromatic rings. The number of furan rings is 1. The molecule has 0 aliphatic heterocycles. The number of aryl methyl sites for hydroxylation is 1. The van der Waals surface area contributed by atoms with Crippen molar-refractivity contribution < 1.29 is 4.42 Å². The molecule has 3 nitrogen and oxygen atoms in total. The van der Waals surface area contributed by atoms with Crippen LogP contribution in [-0.2, 0) is 19.5 Å². The number of rotatable bonds is 5. The smallest absolute Gasteiger partial charge is 0.164 e. The zero-order chi connectivity index (χ0) is 12.1. The number of hydrogen-bond acceptors (Lipinski definition) is 3. The van der Waals surface area contributed by atoms with Crippen LogP contribution in [0, 0.1) is 3.77 Å². The molecule has 0 spiro atoms. The molecule has 2 heterocycles. The van der Waals surface area contributed by atoms with Crippen molar-refractivity contribution >= 4 is 22.6 Å². The van der Waals surface area contributed by atoms with Gasteiger partial charge in [0.2, 0.25) is 0 Å². The summed E-state index contributed by atoms with van der Waals surface area (Å²) in [6.45, 7) is 3.67. The lowest BCUT2D eigenvalue weighted by atomic mass is 10.1. The Bertz CT molecular complexity index is 482. The van der Waals surface area contributed by atoms with E-state index < -0.39 is 0 Å². The van der Waals surface area contributed by atoms with E-state index >= 15 is 0 Å². The molecule has 90 valence electrons. The van der Waals surface area contributed by atoms with Gasteiger partial charge in [0, 0.05) is 12.7 Å². The zero-order valence-electron chi connectivity index (χ0n) is 9.74. The van der Waals surface area contributed by atoms with E-state index in [0.717, 1.165) is 34.7 Å². The molecule has 2 aromatic heterocycles. The third-order valence-electron chi connectivity index (χ3n) is 2.59. The van der Waals surface area contributed by atoms with E-state index in [9.17, 15) is 0 Å². The number of halogens is 1. The minimum Gasteiger partial charge on any atom is -0.454 e. The van der Waals surface area contributed by atoms with Crippen molar-refractivity contribution in [2.45, 2.75) is 26.4 Å². The average Bonchev–Trinajstić information content (AvgIpc) is 2.76. The molecular formula is C13H15IN2O. The van der Waals surface area contributed by atoms with Gasteiger partial charge in [0.25, 0.3) is 0 Å². The Morgan fingerprint density at radius 3 is 2.88 bits per heavy atom. The van der Waals surface area contributed by atoms with Crippen LogP contribution in [0.15, 0.2) is 34.9 Å². The van der Waals surface area contributed by atoms with Crippen LogP contribution >= 0.6 is 22.6 Å². The summed E-state index contributed by atoms with van der Waals surface area (Å²) in [6.07, 6.45) is 2.86. The third-order valence-corrected chi connectivity index (χ3v) is 3.17. The Balaban J connectivity index is 1.89. The topological polar surface area (TPSA) is 38.1 Å². The first-order chi connectivity index (χ1) is 8.29. The number of nitrogens with zero attached hydrogens (tertiary/aromatic N) is 1. The van der Waals surface area contributed by atoms with Gasteiger partial charge in [-0.05, 0) is 52.8 Å². The van der Waals surface area contributed by atoms with Gasteiger partial charge in [0.05, 0.1) is 12.2 Å². The standard InChI is InChI=1S/C13H15IN2O/c1-2-10-4-3-7-16-12(10)9-15-8-11-5-6-13(14)17-11/h3-7,15H,2,8-9H2,1H3. The monoisotopic (exact) mass is 342 g/mol. The van der Waals surface area contributed by atoms with Crippen LogP contribution in [0.4, 0.5) is 0 Å². The van der Waals surface area contributed by atoms with Gasteiger partial charge in [-0.25, -0.2) is 0 Å². The van der Waals surface area contributed by atoms with E-state index in [4.69, 9.17) is 4.42 Å². The Kier molecular flexibility index (Phi) is 4.56. The molecule has 0 saturated carbocycles. The van der Waals surface area contributed by atoms with Gasteiger partial charge >= 0.3 is 0 Å². The van der Waals surface area contributed by atoms with Gasteiger partial charge in [0.15, 0.2) is 3.77 Å². The Labute approximate surface area is 115 Å². The average molecular weight is 342 g/mol. The summed E-state index contributed by atoms with van der Waals surface area (Å²) in [4.78, 5) is 4.39. The largest absolute Gasteiger partial charge is 0.454 e. The predicted octanol–water partition coefficient (Wildman–Crippen LogP) is 3.13. The lowest BCUT2D eigenvalue weighted by Gasteiger charge is -2.06. The van der Waals surface area contributed by atoms with Crippen molar-refractivity contribution in [3.05, 3.63) is 51.2 Å². The number of aromatic nitrogens is 1. The van der Waals surface area contributed by atoms with Crippen LogP contribution in [0.2, 0.25) is 0 Å². The van der Waals surface area contributed by atoms with Crippen LogP contribution in [-0.4, -0.2) is 4.98 Å². The van der Waals surface area contributed by atoms with E-state index in [1.165, 1.54) is 5.56 Å². The van der Waals surface area contributed by atoms with Crippen LogP contribution in [0.5, 0.6) is 0 Å². The molecule has 0 aliphatic carbocycles. The maximum absolute atomic E-state index is 5.48. The number of pyridine rings is 1. The molecule has 0 amide bonds.